The zero-order chi connectivity index (χ0) is 17.0. The summed E-state index contributed by atoms with van der Waals surface area (Å²) in [6.45, 7) is 4.39. The van der Waals surface area contributed by atoms with Gasteiger partial charge in [0, 0.05) is 12.7 Å². The molecule has 0 radical (unpaired) electrons. The molecule has 5 nitrogen and oxygen atoms in total. The molecule has 1 aliphatic heterocycles. The molecule has 1 saturated heterocycles. The number of rotatable bonds is 5. The first-order valence-corrected chi connectivity index (χ1v) is 9.78. The molecule has 128 valence electrons. The molecule has 1 fully saturated rings. The van der Waals surface area contributed by atoms with Crippen molar-refractivity contribution in [1.82, 2.24) is 9.88 Å². The Hall–Kier alpha value is -1.92. The Kier molecular flexibility index (Phi) is 5.16. The lowest BCUT2D eigenvalue weighted by atomic mass is 10.1. The van der Waals surface area contributed by atoms with Crippen LogP contribution in [0, 0.1) is 6.92 Å². The minimum Gasteiger partial charge on any atom is -0.299 e. The van der Waals surface area contributed by atoms with Gasteiger partial charge in [-0.25, -0.2) is 13.4 Å². The van der Waals surface area contributed by atoms with Crippen LogP contribution in [0.5, 0.6) is 0 Å². The van der Waals surface area contributed by atoms with Gasteiger partial charge in [-0.1, -0.05) is 36.4 Å². The number of pyridine rings is 1. The van der Waals surface area contributed by atoms with Crippen LogP contribution in [0.1, 0.15) is 24.0 Å². The third-order valence-corrected chi connectivity index (χ3v) is 6.22. The number of piperidine rings is 1. The van der Waals surface area contributed by atoms with Crippen LogP contribution in [0.25, 0.3) is 0 Å². The third kappa shape index (κ3) is 4.33. The summed E-state index contributed by atoms with van der Waals surface area (Å²) in [5.74, 6) is 0.396. The fraction of sp³-hybridized carbons (Fsp3) is 0.389. The second kappa shape index (κ2) is 7.32. The largest absolute Gasteiger partial charge is 0.299 e. The SMILES string of the molecule is Cc1ccc(NS(=O)(=O)C2CCN(Cc3ccccc3)CC2)nc1. The molecule has 0 spiro atoms. The normalized spacial score (nSPS) is 16.9. The number of likely N-dealkylation sites (tertiary alicyclic amines) is 1. The number of benzene rings is 1. The van der Waals surface area contributed by atoms with Gasteiger partial charge in [-0.15, -0.1) is 0 Å². The van der Waals surface area contributed by atoms with Crippen LogP contribution in [0.3, 0.4) is 0 Å². The summed E-state index contributed by atoms with van der Waals surface area (Å²) in [4.78, 5) is 6.44. The number of sulfonamides is 1. The monoisotopic (exact) mass is 345 g/mol. The van der Waals surface area contributed by atoms with Crippen molar-refractivity contribution in [3.05, 3.63) is 59.8 Å². The molecule has 2 aromatic rings. The molecule has 0 saturated carbocycles. The lowest BCUT2D eigenvalue weighted by molar-refractivity contribution is 0.222. The molecular formula is C18H23N3O2S. The van der Waals surface area contributed by atoms with Crippen LogP contribution in [-0.2, 0) is 16.6 Å². The molecule has 3 rings (SSSR count). The van der Waals surface area contributed by atoms with Crippen molar-refractivity contribution < 1.29 is 8.42 Å². The van der Waals surface area contributed by atoms with E-state index >= 15 is 0 Å². The number of aromatic nitrogens is 1. The molecule has 0 unspecified atom stereocenters. The second-order valence-corrected chi connectivity index (χ2v) is 8.29. The van der Waals surface area contributed by atoms with Crippen molar-refractivity contribution in [3.8, 4) is 0 Å². The van der Waals surface area contributed by atoms with Crippen LogP contribution < -0.4 is 4.72 Å². The molecule has 0 bridgehead atoms. The number of hydrogen-bond acceptors (Lipinski definition) is 4. The van der Waals surface area contributed by atoms with Crippen molar-refractivity contribution in [2.45, 2.75) is 31.6 Å². The maximum absolute atomic E-state index is 12.5. The third-order valence-electron chi connectivity index (χ3n) is 4.38. The fourth-order valence-electron chi connectivity index (χ4n) is 2.98. The number of nitrogens with one attached hydrogen (secondary N) is 1. The summed E-state index contributed by atoms with van der Waals surface area (Å²) < 4.78 is 27.7. The zero-order valence-electron chi connectivity index (χ0n) is 13.9. The topological polar surface area (TPSA) is 62.3 Å². The van der Waals surface area contributed by atoms with E-state index in [2.05, 4.69) is 26.7 Å². The molecule has 1 aliphatic rings. The molecular weight excluding hydrogens is 322 g/mol. The van der Waals surface area contributed by atoms with Gasteiger partial charge in [0.25, 0.3) is 0 Å². The van der Waals surface area contributed by atoms with E-state index in [1.54, 1.807) is 12.3 Å². The first-order chi connectivity index (χ1) is 11.5. The van der Waals surface area contributed by atoms with Crippen LogP contribution in [0.4, 0.5) is 5.82 Å². The summed E-state index contributed by atoms with van der Waals surface area (Å²) in [7, 11) is -3.38. The van der Waals surface area contributed by atoms with Crippen LogP contribution >= 0.6 is 0 Å². The van der Waals surface area contributed by atoms with E-state index in [9.17, 15) is 8.42 Å². The van der Waals surface area contributed by atoms with Crippen molar-refractivity contribution in [3.63, 3.8) is 0 Å². The minimum absolute atomic E-state index is 0.354. The lowest BCUT2D eigenvalue weighted by Crippen LogP contribution is -2.40. The molecule has 1 N–H and O–H groups in total. The highest BCUT2D eigenvalue weighted by atomic mass is 32.2. The summed E-state index contributed by atoms with van der Waals surface area (Å²) in [6, 6.07) is 13.8. The number of aryl methyl sites for hydroxylation is 1. The Balaban J connectivity index is 1.56. The highest BCUT2D eigenvalue weighted by molar-refractivity contribution is 7.93. The molecule has 1 aromatic heterocycles. The average Bonchev–Trinajstić information content (AvgIpc) is 2.58. The molecule has 2 heterocycles. The van der Waals surface area contributed by atoms with Gasteiger partial charge in [0.05, 0.1) is 5.25 Å². The number of hydrogen-bond donors (Lipinski definition) is 1. The molecule has 6 heteroatoms. The Morgan fingerprint density at radius 1 is 1.12 bits per heavy atom. The van der Waals surface area contributed by atoms with Crippen molar-refractivity contribution >= 4 is 15.8 Å². The number of anilines is 1. The van der Waals surface area contributed by atoms with E-state index in [1.807, 2.05) is 31.2 Å². The molecule has 24 heavy (non-hydrogen) atoms. The summed E-state index contributed by atoms with van der Waals surface area (Å²) in [5.41, 5.74) is 2.27. The highest BCUT2D eigenvalue weighted by Crippen LogP contribution is 2.21. The van der Waals surface area contributed by atoms with Crippen LogP contribution in [-0.4, -0.2) is 36.6 Å². The van der Waals surface area contributed by atoms with Gasteiger partial charge in [-0.3, -0.25) is 9.62 Å². The van der Waals surface area contributed by atoms with E-state index in [1.165, 1.54) is 5.56 Å². The van der Waals surface area contributed by atoms with E-state index in [0.717, 1.165) is 25.2 Å². The maximum Gasteiger partial charge on any atom is 0.236 e. The molecule has 1 aromatic carbocycles. The quantitative estimate of drug-likeness (QED) is 0.905. The lowest BCUT2D eigenvalue weighted by Gasteiger charge is -2.31. The van der Waals surface area contributed by atoms with Gasteiger partial charge in [-0.2, -0.15) is 0 Å². The van der Waals surface area contributed by atoms with Gasteiger partial charge in [0.1, 0.15) is 5.82 Å². The van der Waals surface area contributed by atoms with Gasteiger partial charge in [0.2, 0.25) is 10.0 Å². The standard InChI is InChI=1S/C18H23N3O2S/c1-15-7-8-18(19-13-15)20-24(22,23)17-9-11-21(12-10-17)14-16-5-3-2-4-6-16/h2-8,13,17H,9-12,14H2,1H3,(H,19,20). The maximum atomic E-state index is 12.5. The van der Waals surface area contributed by atoms with Crippen molar-refractivity contribution in [2.24, 2.45) is 0 Å². The predicted molar refractivity (Wildman–Crippen MR) is 96.3 cm³/mol. The van der Waals surface area contributed by atoms with Gasteiger partial charge >= 0.3 is 0 Å². The van der Waals surface area contributed by atoms with E-state index in [-0.39, 0.29) is 5.25 Å². The van der Waals surface area contributed by atoms with Crippen molar-refractivity contribution in [2.75, 3.05) is 17.8 Å². The molecule has 0 amide bonds. The summed E-state index contributed by atoms with van der Waals surface area (Å²) in [6.07, 6.45) is 2.96. The minimum atomic E-state index is -3.38. The smallest absolute Gasteiger partial charge is 0.236 e. The van der Waals surface area contributed by atoms with E-state index < -0.39 is 10.0 Å². The Bertz CT molecular complexity index is 753. The van der Waals surface area contributed by atoms with Gasteiger partial charge < -0.3 is 0 Å². The Labute approximate surface area is 143 Å². The first-order valence-electron chi connectivity index (χ1n) is 8.23. The van der Waals surface area contributed by atoms with Gasteiger partial charge in [0.15, 0.2) is 0 Å². The number of nitrogens with zero attached hydrogens (tertiary/aromatic N) is 2. The fourth-order valence-corrected chi connectivity index (χ4v) is 4.39. The second-order valence-electron chi connectivity index (χ2n) is 6.33. The zero-order valence-corrected chi connectivity index (χ0v) is 14.7. The van der Waals surface area contributed by atoms with Crippen LogP contribution in [0.15, 0.2) is 48.7 Å². The summed E-state index contributed by atoms with van der Waals surface area (Å²) in [5, 5.41) is -0.354. The Morgan fingerprint density at radius 2 is 1.83 bits per heavy atom. The first kappa shape index (κ1) is 16.9. The highest BCUT2D eigenvalue weighted by Gasteiger charge is 2.30. The molecule has 0 atom stereocenters. The molecule has 0 aliphatic carbocycles. The predicted octanol–water partition coefficient (Wildman–Crippen LogP) is 2.80. The van der Waals surface area contributed by atoms with E-state index in [4.69, 9.17) is 0 Å². The summed E-state index contributed by atoms with van der Waals surface area (Å²) >= 11 is 0. The van der Waals surface area contributed by atoms with E-state index in [0.29, 0.717) is 18.7 Å². The van der Waals surface area contributed by atoms with Crippen LogP contribution in [0.2, 0.25) is 0 Å². The Morgan fingerprint density at radius 3 is 2.46 bits per heavy atom. The van der Waals surface area contributed by atoms with Gasteiger partial charge in [-0.05, 0) is 50.0 Å². The van der Waals surface area contributed by atoms with Crippen molar-refractivity contribution in [1.29, 1.82) is 0 Å². The average molecular weight is 345 g/mol.